The van der Waals surface area contributed by atoms with Gasteiger partial charge in [0.05, 0.1) is 10.7 Å². The number of nitrogens with zero attached hydrogens (tertiary/aromatic N) is 2. The largest absolute Gasteiger partial charge is 0.480 e. The average molecular weight is 374 g/mol. The first-order valence-electron chi connectivity index (χ1n) is 8.65. The van der Waals surface area contributed by atoms with E-state index in [1.807, 2.05) is 30.3 Å². The van der Waals surface area contributed by atoms with E-state index in [4.69, 9.17) is 4.74 Å². The molecule has 0 atom stereocenters. The molecule has 0 spiro atoms. The highest BCUT2D eigenvalue weighted by atomic mass is 32.1. The van der Waals surface area contributed by atoms with Crippen molar-refractivity contribution in [1.82, 2.24) is 9.88 Å². The number of aliphatic carboxylic acids is 1. The highest BCUT2D eigenvalue weighted by Crippen LogP contribution is 2.25. The van der Waals surface area contributed by atoms with Crippen LogP contribution >= 0.6 is 11.3 Å². The normalized spacial score (nSPS) is 15.0. The van der Waals surface area contributed by atoms with Gasteiger partial charge in [-0.1, -0.05) is 30.3 Å². The van der Waals surface area contributed by atoms with E-state index in [1.54, 1.807) is 6.92 Å². The van der Waals surface area contributed by atoms with Crippen molar-refractivity contribution in [2.45, 2.75) is 32.2 Å². The molecule has 138 valence electrons. The number of amides is 1. The van der Waals surface area contributed by atoms with Crippen LogP contribution in [0.2, 0.25) is 0 Å². The maximum Gasteiger partial charge on any atom is 0.323 e. The number of hydrogen-bond acceptors (Lipinski definition) is 5. The number of thiazole rings is 1. The first-order valence-corrected chi connectivity index (χ1v) is 9.47. The Kier molecular flexibility index (Phi) is 6.00. The summed E-state index contributed by atoms with van der Waals surface area (Å²) in [6, 6.07) is 9.85. The van der Waals surface area contributed by atoms with Crippen LogP contribution in [-0.4, -0.2) is 52.7 Å². The van der Waals surface area contributed by atoms with Crippen molar-refractivity contribution in [3.8, 4) is 0 Å². The van der Waals surface area contributed by atoms with Gasteiger partial charge in [0, 0.05) is 25.7 Å². The predicted molar refractivity (Wildman–Crippen MR) is 98.6 cm³/mol. The van der Waals surface area contributed by atoms with Crippen molar-refractivity contribution in [2.24, 2.45) is 0 Å². The molecule has 26 heavy (non-hydrogen) atoms. The second-order valence-corrected chi connectivity index (χ2v) is 7.44. The molecule has 1 aliphatic rings. The van der Waals surface area contributed by atoms with Crippen molar-refractivity contribution < 1.29 is 19.4 Å². The fraction of sp³-hybridized carbons (Fsp3) is 0.421. The Labute approximate surface area is 156 Å². The number of hydrogen-bond donors (Lipinski definition) is 1. The Morgan fingerprint density at radius 3 is 2.62 bits per heavy atom. The molecule has 0 unspecified atom stereocenters. The Balaban J connectivity index is 1.80. The molecule has 0 bridgehead atoms. The number of carboxylic acid groups (broad SMARTS) is 1. The number of carbonyl (C=O) groups excluding carboxylic acids is 1. The van der Waals surface area contributed by atoms with Gasteiger partial charge in [-0.05, 0) is 25.3 Å². The van der Waals surface area contributed by atoms with Gasteiger partial charge in [0.15, 0.2) is 0 Å². The summed E-state index contributed by atoms with van der Waals surface area (Å²) in [5.41, 5.74) is 1.79. The third-order valence-electron chi connectivity index (χ3n) is 4.43. The molecule has 6 nitrogen and oxygen atoms in total. The lowest BCUT2D eigenvalue weighted by molar-refractivity contribution is -0.138. The molecular weight excluding hydrogens is 352 g/mol. The fourth-order valence-electron chi connectivity index (χ4n) is 3.14. The van der Waals surface area contributed by atoms with Gasteiger partial charge in [-0.15, -0.1) is 11.3 Å². The zero-order valence-corrected chi connectivity index (χ0v) is 15.5. The van der Waals surface area contributed by atoms with Crippen LogP contribution in [0.1, 0.15) is 38.8 Å². The van der Waals surface area contributed by atoms with Crippen LogP contribution in [0.4, 0.5) is 0 Å². The summed E-state index contributed by atoms with van der Waals surface area (Å²) < 4.78 is 5.34. The van der Waals surface area contributed by atoms with Crippen LogP contribution < -0.4 is 0 Å². The smallest absolute Gasteiger partial charge is 0.323 e. The van der Waals surface area contributed by atoms with Crippen molar-refractivity contribution in [3.63, 3.8) is 0 Å². The lowest BCUT2D eigenvalue weighted by atomic mass is 10.1. The van der Waals surface area contributed by atoms with Crippen molar-refractivity contribution in [3.05, 3.63) is 51.5 Å². The summed E-state index contributed by atoms with van der Waals surface area (Å²) in [6.07, 6.45) is 1.98. The minimum absolute atomic E-state index is 0.105. The first-order chi connectivity index (χ1) is 12.5. The van der Waals surface area contributed by atoms with E-state index in [0.29, 0.717) is 43.0 Å². The molecule has 1 aromatic carbocycles. The molecule has 1 amide bonds. The summed E-state index contributed by atoms with van der Waals surface area (Å²) >= 11 is 1.36. The second-order valence-electron chi connectivity index (χ2n) is 6.35. The number of aromatic nitrogens is 1. The molecule has 1 aliphatic heterocycles. The standard InChI is InChI=1S/C19H22N2O4S/c1-13-18(26-16(20-13)11-14-5-3-2-4-6-14)19(24)21(12-17(22)23)15-7-9-25-10-8-15/h2-6,15H,7-12H2,1H3,(H,22,23). The summed E-state index contributed by atoms with van der Waals surface area (Å²) in [6.45, 7) is 2.61. The van der Waals surface area contributed by atoms with E-state index in [2.05, 4.69) is 4.98 Å². The van der Waals surface area contributed by atoms with Crippen molar-refractivity contribution in [2.75, 3.05) is 19.8 Å². The molecule has 0 saturated carbocycles. The fourth-order valence-corrected chi connectivity index (χ4v) is 4.19. The van der Waals surface area contributed by atoms with E-state index in [9.17, 15) is 14.7 Å². The Morgan fingerprint density at radius 1 is 1.27 bits per heavy atom. The minimum Gasteiger partial charge on any atom is -0.480 e. The molecule has 0 aliphatic carbocycles. The van der Waals surface area contributed by atoms with Gasteiger partial charge in [-0.2, -0.15) is 0 Å². The summed E-state index contributed by atoms with van der Waals surface area (Å²) in [4.78, 5) is 30.9. The van der Waals surface area contributed by atoms with Crippen LogP contribution in [0, 0.1) is 6.92 Å². The number of carbonyl (C=O) groups is 2. The zero-order valence-electron chi connectivity index (χ0n) is 14.7. The van der Waals surface area contributed by atoms with Gasteiger partial charge in [0.1, 0.15) is 11.4 Å². The number of rotatable bonds is 6. The number of ether oxygens (including phenoxy) is 1. The molecule has 7 heteroatoms. The van der Waals surface area contributed by atoms with Crippen LogP contribution in [0.15, 0.2) is 30.3 Å². The Hall–Kier alpha value is -2.25. The quantitative estimate of drug-likeness (QED) is 0.841. The summed E-state index contributed by atoms with van der Waals surface area (Å²) in [5, 5.41) is 10.1. The second kappa shape index (κ2) is 8.42. The molecule has 3 rings (SSSR count). The molecule has 1 fully saturated rings. The van der Waals surface area contributed by atoms with Crippen LogP contribution in [-0.2, 0) is 16.0 Å². The van der Waals surface area contributed by atoms with Gasteiger partial charge >= 0.3 is 5.97 Å². The van der Waals surface area contributed by atoms with Crippen molar-refractivity contribution >= 4 is 23.2 Å². The number of benzene rings is 1. The van der Waals surface area contributed by atoms with Gasteiger partial charge in [0.25, 0.3) is 5.91 Å². The minimum atomic E-state index is -1.00. The van der Waals surface area contributed by atoms with E-state index >= 15 is 0 Å². The maximum absolute atomic E-state index is 13.1. The highest BCUT2D eigenvalue weighted by Gasteiger charge is 2.30. The van der Waals surface area contributed by atoms with Gasteiger partial charge in [-0.25, -0.2) is 4.98 Å². The Bertz CT molecular complexity index is 769. The molecule has 1 saturated heterocycles. The summed E-state index contributed by atoms with van der Waals surface area (Å²) in [7, 11) is 0. The maximum atomic E-state index is 13.1. The van der Waals surface area contributed by atoms with E-state index in [0.717, 1.165) is 10.6 Å². The third kappa shape index (κ3) is 4.47. The monoisotopic (exact) mass is 374 g/mol. The van der Waals surface area contributed by atoms with E-state index in [-0.39, 0.29) is 18.5 Å². The van der Waals surface area contributed by atoms with E-state index in [1.165, 1.54) is 16.2 Å². The van der Waals surface area contributed by atoms with Gasteiger partial charge in [0.2, 0.25) is 0 Å². The highest BCUT2D eigenvalue weighted by molar-refractivity contribution is 7.13. The SMILES string of the molecule is Cc1nc(Cc2ccccc2)sc1C(=O)N(CC(=O)O)C1CCOCC1. The Morgan fingerprint density at radius 2 is 1.96 bits per heavy atom. The van der Waals surface area contributed by atoms with Crippen LogP contribution in [0.3, 0.4) is 0 Å². The summed E-state index contributed by atoms with van der Waals surface area (Å²) in [5.74, 6) is -1.25. The molecule has 1 N–H and O–H groups in total. The van der Waals surface area contributed by atoms with Crippen LogP contribution in [0.5, 0.6) is 0 Å². The lowest BCUT2D eigenvalue weighted by Gasteiger charge is -2.33. The first kappa shape index (κ1) is 18.5. The molecule has 2 aromatic rings. The van der Waals surface area contributed by atoms with Gasteiger partial charge in [-0.3, -0.25) is 9.59 Å². The molecule has 0 radical (unpaired) electrons. The third-order valence-corrected chi connectivity index (χ3v) is 5.58. The molecule has 1 aromatic heterocycles. The average Bonchev–Trinajstić information content (AvgIpc) is 3.00. The van der Waals surface area contributed by atoms with E-state index < -0.39 is 5.97 Å². The topological polar surface area (TPSA) is 79.7 Å². The van der Waals surface area contributed by atoms with Crippen LogP contribution in [0.25, 0.3) is 0 Å². The molecular formula is C19H22N2O4S. The predicted octanol–water partition coefficient (Wildman–Crippen LogP) is 2.75. The van der Waals surface area contributed by atoms with Crippen molar-refractivity contribution in [1.29, 1.82) is 0 Å². The molecule has 2 heterocycles. The zero-order chi connectivity index (χ0) is 18.5. The number of aryl methyl sites for hydroxylation is 1. The van der Waals surface area contributed by atoms with Gasteiger partial charge < -0.3 is 14.7 Å². The number of carboxylic acids is 1. The lowest BCUT2D eigenvalue weighted by Crippen LogP contribution is -2.46.